The third-order valence-electron chi connectivity index (χ3n) is 8.95. The molecule has 3 saturated carbocycles. The Kier molecular flexibility index (Phi) is 4.85. The van der Waals surface area contributed by atoms with Gasteiger partial charge in [-0.1, -0.05) is 13.8 Å². The first-order valence-electron chi connectivity index (χ1n) is 10.8. The molecule has 1 saturated heterocycles. The molecule has 0 unspecified atom stereocenters. The number of esters is 2. The Bertz CT molecular complexity index is 735. The first-order chi connectivity index (χ1) is 13.7. The fraction of sp³-hybridized carbons (Fsp3) is 0.864. The lowest BCUT2D eigenvalue weighted by molar-refractivity contribution is -0.252. The molecule has 7 nitrogen and oxygen atoms in total. The molecule has 0 radical (unpaired) electrons. The quantitative estimate of drug-likeness (QED) is 0.538. The number of ketones is 1. The molecule has 0 aromatic carbocycles. The van der Waals surface area contributed by atoms with Crippen LogP contribution in [0.4, 0.5) is 0 Å². The van der Waals surface area contributed by atoms with Crippen LogP contribution in [0.5, 0.6) is 0 Å². The van der Waals surface area contributed by atoms with Crippen LogP contribution in [0.25, 0.3) is 0 Å². The summed E-state index contributed by atoms with van der Waals surface area (Å²) in [4.78, 5) is 38.4. The van der Waals surface area contributed by atoms with E-state index in [2.05, 4.69) is 0 Å². The van der Waals surface area contributed by atoms with Gasteiger partial charge < -0.3 is 19.7 Å². The van der Waals surface area contributed by atoms with Crippen molar-refractivity contribution in [3.05, 3.63) is 0 Å². The lowest BCUT2D eigenvalue weighted by Gasteiger charge is -2.63. The summed E-state index contributed by atoms with van der Waals surface area (Å²) in [7, 11) is 0. The standard InChI is InChI=1S/C22H32O7/c1-12-14-4-5-15-21(8-14,18(12)26)19(27)28-11-22(15)16(9-23)20(3,10-24)7-6-17(22)29-13(2)25/h12,14-17,23-24H,4-11H2,1-3H3/t12-,14-,15-,16-,17+,20-,21+,22+/m1/s1. The van der Waals surface area contributed by atoms with E-state index in [4.69, 9.17) is 9.47 Å². The van der Waals surface area contributed by atoms with E-state index in [-0.39, 0.29) is 43.4 Å². The van der Waals surface area contributed by atoms with Gasteiger partial charge in [-0.2, -0.15) is 0 Å². The van der Waals surface area contributed by atoms with Gasteiger partial charge in [-0.25, -0.2) is 0 Å². The molecule has 2 N–H and O–H groups in total. The van der Waals surface area contributed by atoms with Crippen LogP contribution >= 0.6 is 0 Å². The predicted molar refractivity (Wildman–Crippen MR) is 101 cm³/mol. The van der Waals surface area contributed by atoms with Gasteiger partial charge in [0, 0.05) is 32.0 Å². The van der Waals surface area contributed by atoms with Gasteiger partial charge in [0.2, 0.25) is 0 Å². The van der Waals surface area contributed by atoms with E-state index >= 15 is 0 Å². The topological polar surface area (TPSA) is 110 Å². The molecule has 3 aliphatic carbocycles. The maximum absolute atomic E-state index is 13.4. The average Bonchev–Trinajstić information content (AvgIpc) is 2.88. The molecule has 4 fully saturated rings. The van der Waals surface area contributed by atoms with Crippen molar-refractivity contribution < 1.29 is 34.1 Å². The van der Waals surface area contributed by atoms with Crippen molar-refractivity contribution in [3.63, 3.8) is 0 Å². The molecule has 29 heavy (non-hydrogen) atoms. The van der Waals surface area contributed by atoms with Gasteiger partial charge in [-0.3, -0.25) is 14.4 Å². The van der Waals surface area contributed by atoms with Crippen LogP contribution < -0.4 is 0 Å². The first-order valence-corrected chi connectivity index (χ1v) is 10.8. The summed E-state index contributed by atoms with van der Waals surface area (Å²) in [6.07, 6.45) is 2.48. The lowest BCUT2D eigenvalue weighted by Crippen LogP contribution is -2.69. The number of hydrogen-bond donors (Lipinski definition) is 2. The van der Waals surface area contributed by atoms with Crippen LogP contribution in [0.2, 0.25) is 0 Å². The van der Waals surface area contributed by atoms with Crippen molar-refractivity contribution in [2.24, 2.45) is 39.9 Å². The lowest BCUT2D eigenvalue weighted by atomic mass is 9.43. The van der Waals surface area contributed by atoms with Gasteiger partial charge in [-0.15, -0.1) is 0 Å². The minimum absolute atomic E-state index is 0.00331. The highest BCUT2D eigenvalue weighted by molar-refractivity contribution is 6.07. The zero-order valence-electron chi connectivity index (χ0n) is 17.5. The Morgan fingerprint density at radius 3 is 2.59 bits per heavy atom. The summed E-state index contributed by atoms with van der Waals surface area (Å²) in [5, 5.41) is 20.7. The Labute approximate surface area is 171 Å². The molecular weight excluding hydrogens is 376 g/mol. The van der Waals surface area contributed by atoms with Crippen molar-refractivity contribution in [3.8, 4) is 0 Å². The number of hydrogen-bond acceptors (Lipinski definition) is 7. The Morgan fingerprint density at radius 1 is 1.24 bits per heavy atom. The zero-order chi connectivity index (χ0) is 21.2. The van der Waals surface area contributed by atoms with Crippen molar-refractivity contribution >= 4 is 17.7 Å². The van der Waals surface area contributed by atoms with Crippen LogP contribution in [-0.4, -0.2) is 53.9 Å². The summed E-state index contributed by atoms with van der Waals surface area (Å²) >= 11 is 0. The molecule has 2 bridgehead atoms. The SMILES string of the molecule is CC(=O)O[C@H]1CC[C@](C)(CO)[C@@H](CO)[C@@]12COC(=O)[C@@]13C[C@@H](CC[C@H]12)[C@@H](C)C3=O. The second-order valence-electron chi connectivity index (χ2n) is 10.1. The van der Waals surface area contributed by atoms with Crippen molar-refractivity contribution in [1.82, 2.24) is 0 Å². The summed E-state index contributed by atoms with van der Waals surface area (Å²) in [5.74, 6) is -1.80. The van der Waals surface area contributed by atoms with Gasteiger partial charge in [-0.05, 0) is 49.4 Å². The second-order valence-corrected chi connectivity index (χ2v) is 10.1. The molecule has 8 atom stereocenters. The summed E-state index contributed by atoms with van der Waals surface area (Å²) in [6.45, 7) is 4.81. The number of aliphatic hydroxyl groups is 2. The van der Waals surface area contributed by atoms with E-state index < -0.39 is 40.2 Å². The molecule has 1 aliphatic heterocycles. The maximum Gasteiger partial charge on any atom is 0.319 e. The minimum Gasteiger partial charge on any atom is -0.464 e. The zero-order valence-corrected chi connectivity index (χ0v) is 17.5. The molecule has 4 aliphatic rings. The normalized spacial score (nSPS) is 48.9. The summed E-state index contributed by atoms with van der Waals surface area (Å²) < 4.78 is 11.5. The molecule has 2 spiro atoms. The van der Waals surface area contributed by atoms with Gasteiger partial charge in [0.15, 0.2) is 5.78 Å². The molecule has 0 aromatic heterocycles. The van der Waals surface area contributed by atoms with Gasteiger partial charge in [0.25, 0.3) is 0 Å². The Balaban J connectivity index is 1.90. The predicted octanol–water partition coefficient (Wildman–Crippen LogP) is 1.48. The monoisotopic (exact) mass is 408 g/mol. The highest BCUT2D eigenvalue weighted by Crippen LogP contribution is 2.68. The third kappa shape index (κ3) is 2.52. The molecule has 1 heterocycles. The fourth-order valence-electron chi connectivity index (χ4n) is 7.46. The highest BCUT2D eigenvalue weighted by Gasteiger charge is 2.75. The number of cyclic esters (lactones) is 1. The van der Waals surface area contributed by atoms with E-state index in [1.165, 1.54) is 6.92 Å². The van der Waals surface area contributed by atoms with Crippen LogP contribution in [0.3, 0.4) is 0 Å². The van der Waals surface area contributed by atoms with E-state index in [0.29, 0.717) is 25.7 Å². The van der Waals surface area contributed by atoms with Crippen molar-refractivity contribution in [1.29, 1.82) is 0 Å². The van der Waals surface area contributed by atoms with Crippen LogP contribution in [0.1, 0.15) is 52.9 Å². The van der Waals surface area contributed by atoms with E-state index in [1.54, 1.807) is 0 Å². The number of Topliss-reactive ketones (excluding diaryl/α,β-unsaturated/α-hetero) is 1. The van der Waals surface area contributed by atoms with Gasteiger partial charge in [0.05, 0.1) is 5.41 Å². The molecule has 162 valence electrons. The number of carbonyl (C=O) groups is 3. The number of carbonyl (C=O) groups excluding carboxylic acids is 3. The number of rotatable bonds is 3. The highest BCUT2D eigenvalue weighted by atomic mass is 16.6. The van der Waals surface area contributed by atoms with Crippen LogP contribution in [-0.2, 0) is 23.9 Å². The number of ether oxygens (including phenoxy) is 2. The minimum atomic E-state index is -1.22. The number of fused-ring (bicyclic) bond motifs is 2. The summed E-state index contributed by atoms with van der Waals surface area (Å²) in [5.41, 5.74) is -2.71. The summed E-state index contributed by atoms with van der Waals surface area (Å²) in [6, 6.07) is 0. The van der Waals surface area contributed by atoms with Crippen LogP contribution in [0, 0.1) is 39.9 Å². The maximum atomic E-state index is 13.4. The third-order valence-corrected chi connectivity index (χ3v) is 8.95. The van der Waals surface area contributed by atoms with Gasteiger partial charge >= 0.3 is 11.9 Å². The fourth-order valence-corrected chi connectivity index (χ4v) is 7.46. The average molecular weight is 408 g/mol. The van der Waals surface area contributed by atoms with E-state index in [0.717, 1.165) is 6.42 Å². The molecule has 7 heteroatoms. The number of aliphatic hydroxyl groups excluding tert-OH is 2. The van der Waals surface area contributed by atoms with Crippen molar-refractivity contribution in [2.45, 2.75) is 59.0 Å². The molecule has 0 amide bonds. The molecular formula is C22H32O7. The smallest absolute Gasteiger partial charge is 0.319 e. The molecule has 0 aromatic rings. The Hall–Kier alpha value is -1.47. The van der Waals surface area contributed by atoms with Crippen LogP contribution in [0.15, 0.2) is 0 Å². The Morgan fingerprint density at radius 2 is 1.97 bits per heavy atom. The first kappa shape index (κ1) is 20.8. The van der Waals surface area contributed by atoms with Crippen molar-refractivity contribution in [2.75, 3.05) is 19.8 Å². The second kappa shape index (κ2) is 6.77. The molecule has 4 rings (SSSR count). The van der Waals surface area contributed by atoms with Gasteiger partial charge in [0.1, 0.15) is 18.1 Å². The van der Waals surface area contributed by atoms with E-state index in [9.17, 15) is 24.6 Å². The largest absolute Gasteiger partial charge is 0.464 e. The van der Waals surface area contributed by atoms with E-state index in [1.807, 2.05) is 13.8 Å².